The van der Waals surface area contributed by atoms with E-state index in [0.29, 0.717) is 21.5 Å². The van der Waals surface area contributed by atoms with Gasteiger partial charge in [-0.2, -0.15) is 0 Å². The van der Waals surface area contributed by atoms with E-state index in [-0.39, 0.29) is 6.10 Å². The standard InChI is InChI=1S/C25H30Cl2N2O3/c1-17-2-3-19(25(30)31)14-24(17)29-12-6-18(7-13-29)16-28-10-8-20(9-11-28)32-21-4-5-22(26)23(27)15-21/h2-5,14-15,18,20H,6-13,16H2,1H3,(H,30,31). The van der Waals surface area contributed by atoms with Crippen LogP contribution in [0.4, 0.5) is 5.69 Å². The third kappa shape index (κ3) is 5.69. The molecule has 2 saturated heterocycles. The van der Waals surface area contributed by atoms with Crippen molar-refractivity contribution in [3.8, 4) is 5.75 Å². The molecule has 1 N–H and O–H groups in total. The Hall–Kier alpha value is -1.95. The van der Waals surface area contributed by atoms with Gasteiger partial charge in [0.1, 0.15) is 11.9 Å². The monoisotopic (exact) mass is 476 g/mol. The normalized spacial score (nSPS) is 18.7. The van der Waals surface area contributed by atoms with Crippen molar-refractivity contribution < 1.29 is 14.6 Å². The van der Waals surface area contributed by atoms with Gasteiger partial charge in [0, 0.05) is 44.5 Å². The molecule has 0 spiro atoms. The molecule has 7 heteroatoms. The number of anilines is 1. The number of halogens is 2. The molecule has 0 amide bonds. The SMILES string of the molecule is Cc1ccc(C(=O)O)cc1N1CCC(CN2CCC(Oc3ccc(Cl)c(Cl)c3)CC2)CC1. The molecule has 0 saturated carbocycles. The molecule has 0 atom stereocenters. The number of aryl methyl sites for hydroxylation is 1. The number of carbonyl (C=O) groups is 1. The molecule has 0 aliphatic carbocycles. The summed E-state index contributed by atoms with van der Waals surface area (Å²) in [5, 5.41) is 10.4. The molecule has 4 rings (SSSR count). The van der Waals surface area contributed by atoms with Gasteiger partial charge in [-0.25, -0.2) is 4.79 Å². The van der Waals surface area contributed by atoms with Gasteiger partial charge >= 0.3 is 5.97 Å². The van der Waals surface area contributed by atoms with Crippen molar-refractivity contribution in [3.63, 3.8) is 0 Å². The first kappa shape index (κ1) is 23.2. The number of rotatable bonds is 6. The summed E-state index contributed by atoms with van der Waals surface area (Å²) in [7, 11) is 0. The zero-order valence-corrected chi connectivity index (χ0v) is 19.9. The molecule has 2 aliphatic heterocycles. The minimum Gasteiger partial charge on any atom is -0.490 e. The molecule has 0 radical (unpaired) electrons. The summed E-state index contributed by atoms with van der Waals surface area (Å²) < 4.78 is 6.11. The van der Waals surface area contributed by atoms with E-state index in [4.69, 9.17) is 27.9 Å². The molecule has 172 valence electrons. The van der Waals surface area contributed by atoms with Crippen LogP contribution in [0.2, 0.25) is 10.0 Å². The highest BCUT2D eigenvalue weighted by Gasteiger charge is 2.26. The highest BCUT2D eigenvalue weighted by atomic mass is 35.5. The second-order valence-electron chi connectivity index (χ2n) is 8.93. The van der Waals surface area contributed by atoms with Crippen molar-refractivity contribution in [1.82, 2.24) is 4.90 Å². The van der Waals surface area contributed by atoms with Crippen molar-refractivity contribution >= 4 is 34.9 Å². The summed E-state index contributed by atoms with van der Waals surface area (Å²) in [6, 6.07) is 10.9. The molecule has 2 aliphatic rings. The Morgan fingerprint density at radius 3 is 2.38 bits per heavy atom. The lowest BCUT2D eigenvalue weighted by Gasteiger charge is -2.38. The zero-order chi connectivity index (χ0) is 22.7. The van der Waals surface area contributed by atoms with Gasteiger partial charge in [0.25, 0.3) is 0 Å². The average Bonchev–Trinajstić information content (AvgIpc) is 2.78. The molecular formula is C25H30Cl2N2O3. The molecule has 0 aromatic heterocycles. The number of likely N-dealkylation sites (tertiary alicyclic amines) is 1. The minimum absolute atomic E-state index is 0.217. The molecule has 32 heavy (non-hydrogen) atoms. The van der Waals surface area contributed by atoms with Crippen molar-refractivity contribution in [1.29, 1.82) is 0 Å². The topological polar surface area (TPSA) is 53.0 Å². The molecule has 2 aromatic rings. The molecule has 2 aromatic carbocycles. The molecule has 5 nitrogen and oxygen atoms in total. The van der Waals surface area contributed by atoms with Crippen LogP contribution in [0, 0.1) is 12.8 Å². The first-order valence-electron chi connectivity index (χ1n) is 11.3. The zero-order valence-electron chi connectivity index (χ0n) is 18.4. The number of hydrogen-bond acceptors (Lipinski definition) is 4. The number of hydrogen-bond donors (Lipinski definition) is 1. The third-order valence-corrected chi connectivity index (χ3v) is 7.40. The maximum Gasteiger partial charge on any atom is 0.335 e. The van der Waals surface area contributed by atoms with Crippen LogP contribution >= 0.6 is 23.2 Å². The summed E-state index contributed by atoms with van der Waals surface area (Å²) >= 11 is 12.1. The first-order valence-corrected chi connectivity index (χ1v) is 12.1. The van der Waals surface area contributed by atoms with E-state index in [9.17, 15) is 9.90 Å². The number of carboxylic acid groups (broad SMARTS) is 1. The minimum atomic E-state index is -0.868. The van der Waals surface area contributed by atoms with Gasteiger partial charge in [-0.05, 0) is 68.4 Å². The van der Waals surface area contributed by atoms with Crippen LogP contribution in [0.3, 0.4) is 0 Å². The lowest BCUT2D eigenvalue weighted by molar-refractivity contribution is 0.0697. The smallest absolute Gasteiger partial charge is 0.335 e. The second kappa shape index (κ2) is 10.3. The van der Waals surface area contributed by atoms with Crippen LogP contribution in [0.5, 0.6) is 5.75 Å². The Bertz CT molecular complexity index is 952. The fraction of sp³-hybridized carbons (Fsp3) is 0.480. The second-order valence-corrected chi connectivity index (χ2v) is 9.74. The van der Waals surface area contributed by atoms with Crippen molar-refractivity contribution in [3.05, 3.63) is 57.6 Å². The predicted molar refractivity (Wildman–Crippen MR) is 130 cm³/mol. The predicted octanol–water partition coefficient (Wildman–Crippen LogP) is 5.76. The Kier molecular flexibility index (Phi) is 7.49. The van der Waals surface area contributed by atoms with Crippen LogP contribution in [0.15, 0.2) is 36.4 Å². The van der Waals surface area contributed by atoms with Gasteiger partial charge in [0.05, 0.1) is 15.6 Å². The number of benzene rings is 2. The van der Waals surface area contributed by atoms with Gasteiger partial charge < -0.3 is 19.6 Å². The van der Waals surface area contributed by atoms with E-state index in [1.807, 2.05) is 18.2 Å². The van der Waals surface area contributed by atoms with Crippen molar-refractivity contribution in [2.24, 2.45) is 5.92 Å². The van der Waals surface area contributed by atoms with Gasteiger partial charge in [0.15, 0.2) is 0 Å². The Morgan fingerprint density at radius 1 is 1.00 bits per heavy atom. The fourth-order valence-electron chi connectivity index (χ4n) is 4.76. The summed E-state index contributed by atoms with van der Waals surface area (Å²) in [6.45, 7) is 7.23. The Morgan fingerprint density at radius 2 is 1.72 bits per heavy atom. The van der Waals surface area contributed by atoms with E-state index >= 15 is 0 Å². The lowest BCUT2D eigenvalue weighted by atomic mass is 9.94. The van der Waals surface area contributed by atoms with E-state index in [0.717, 1.165) is 75.4 Å². The van der Waals surface area contributed by atoms with E-state index in [1.165, 1.54) is 0 Å². The number of piperidine rings is 2. The molecule has 2 fully saturated rings. The van der Waals surface area contributed by atoms with Gasteiger partial charge in [-0.3, -0.25) is 0 Å². The summed E-state index contributed by atoms with van der Waals surface area (Å²) in [6.07, 6.45) is 4.52. The first-order chi connectivity index (χ1) is 15.4. The third-order valence-electron chi connectivity index (χ3n) is 6.66. The Labute approximate surface area is 199 Å². The van der Waals surface area contributed by atoms with Crippen LogP contribution in [0.25, 0.3) is 0 Å². The van der Waals surface area contributed by atoms with Gasteiger partial charge in [0.2, 0.25) is 0 Å². The summed E-state index contributed by atoms with van der Waals surface area (Å²) in [5.41, 5.74) is 2.56. The quantitative estimate of drug-likeness (QED) is 0.574. The average molecular weight is 477 g/mol. The number of nitrogens with zero attached hydrogens (tertiary/aromatic N) is 2. The van der Waals surface area contributed by atoms with Crippen LogP contribution in [0.1, 0.15) is 41.6 Å². The van der Waals surface area contributed by atoms with Crippen LogP contribution < -0.4 is 9.64 Å². The van der Waals surface area contributed by atoms with E-state index < -0.39 is 5.97 Å². The number of carboxylic acids is 1. The highest BCUT2D eigenvalue weighted by molar-refractivity contribution is 6.42. The van der Waals surface area contributed by atoms with Crippen LogP contribution in [-0.2, 0) is 0 Å². The Balaban J connectivity index is 1.23. The van der Waals surface area contributed by atoms with E-state index in [1.54, 1.807) is 18.2 Å². The molecule has 0 unspecified atom stereocenters. The summed E-state index contributed by atoms with van der Waals surface area (Å²) in [5.74, 6) is 0.599. The molecular weight excluding hydrogens is 447 g/mol. The van der Waals surface area contributed by atoms with Crippen molar-refractivity contribution in [2.75, 3.05) is 37.6 Å². The van der Waals surface area contributed by atoms with Crippen LogP contribution in [-0.4, -0.2) is 54.8 Å². The van der Waals surface area contributed by atoms with Gasteiger partial charge in [-0.15, -0.1) is 0 Å². The fourth-order valence-corrected chi connectivity index (χ4v) is 5.05. The molecule has 0 bridgehead atoms. The lowest BCUT2D eigenvalue weighted by Crippen LogP contribution is -2.43. The van der Waals surface area contributed by atoms with E-state index in [2.05, 4.69) is 16.7 Å². The van der Waals surface area contributed by atoms with Gasteiger partial charge in [-0.1, -0.05) is 29.3 Å². The van der Waals surface area contributed by atoms with Crippen molar-refractivity contribution in [2.45, 2.75) is 38.7 Å². The summed E-state index contributed by atoms with van der Waals surface area (Å²) in [4.78, 5) is 16.2. The largest absolute Gasteiger partial charge is 0.490 e. The maximum absolute atomic E-state index is 11.3. The molecule has 2 heterocycles. The number of ether oxygens (including phenoxy) is 1. The maximum atomic E-state index is 11.3. The highest BCUT2D eigenvalue weighted by Crippen LogP contribution is 2.30. The number of aromatic carboxylic acids is 1.